The largest absolute Gasteiger partial charge is 0.324 e. The number of anilines is 3. The Morgan fingerprint density at radius 2 is 1.39 bits per heavy atom. The van der Waals surface area contributed by atoms with Crippen LogP contribution in [0.25, 0.3) is 0 Å². The maximum Gasteiger partial charge on any atom is 0.304 e. The van der Waals surface area contributed by atoms with E-state index in [1.807, 2.05) is 12.1 Å². The minimum atomic E-state index is -3.90. The van der Waals surface area contributed by atoms with Crippen molar-refractivity contribution >= 4 is 39.1 Å². The molecule has 0 aromatic heterocycles. The fraction of sp³-hybridized carbons (Fsp3) is 0.259. The first-order valence-electron chi connectivity index (χ1n) is 11.4. The number of carbonyl (C=O) groups is 2. The van der Waals surface area contributed by atoms with Gasteiger partial charge in [-0.25, -0.2) is 4.31 Å². The molecule has 36 heavy (non-hydrogen) atoms. The Balaban J connectivity index is 1.71. The number of hydrogen-bond acceptors (Lipinski definition) is 4. The monoisotopic (exact) mass is 508 g/mol. The van der Waals surface area contributed by atoms with Crippen LogP contribution in [0.4, 0.5) is 17.1 Å². The van der Waals surface area contributed by atoms with Gasteiger partial charge in [0.2, 0.25) is 5.91 Å². The second-order valence-corrected chi connectivity index (χ2v) is 11.6. The van der Waals surface area contributed by atoms with E-state index in [1.165, 1.54) is 14.1 Å². The zero-order chi connectivity index (χ0) is 26.5. The summed E-state index contributed by atoms with van der Waals surface area (Å²) in [4.78, 5) is 25.5. The molecule has 0 saturated heterocycles. The number of hydrogen-bond donors (Lipinski definition) is 2. The van der Waals surface area contributed by atoms with Crippen LogP contribution in [0.5, 0.6) is 0 Å². The van der Waals surface area contributed by atoms with E-state index >= 15 is 0 Å². The summed E-state index contributed by atoms with van der Waals surface area (Å²) in [7, 11) is -1.08. The molecule has 0 saturated carbocycles. The first-order chi connectivity index (χ1) is 16.9. The Hall–Kier alpha value is -3.69. The molecule has 0 bridgehead atoms. The van der Waals surface area contributed by atoms with Crippen LogP contribution in [-0.4, -0.2) is 45.2 Å². The van der Waals surface area contributed by atoms with Gasteiger partial charge in [0.15, 0.2) is 0 Å². The number of para-hydroxylation sites is 1. The molecule has 0 aliphatic carbocycles. The molecular formula is C27H32N4O4S. The number of nitrogens with zero attached hydrogens (tertiary/aromatic N) is 2. The van der Waals surface area contributed by atoms with Crippen LogP contribution in [0, 0.1) is 0 Å². The number of nitrogens with one attached hydrogen (secondary N) is 2. The van der Waals surface area contributed by atoms with Crippen LogP contribution in [0.15, 0.2) is 78.9 Å². The van der Waals surface area contributed by atoms with E-state index in [1.54, 1.807) is 66.7 Å². The molecule has 0 heterocycles. The van der Waals surface area contributed by atoms with Crippen molar-refractivity contribution < 1.29 is 18.0 Å². The summed E-state index contributed by atoms with van der Waals surface area (Å²) in [5.74, 6) is -0.795. The van der Waals surface area contributed by atoms with Crippen molar-refractivity contribution in [2.24, 2.45) is 0 Å². The molecule has 0 unspecified atom stereocenters. The lowest BCUT2D eigenvalue weighted by molar-refractivity contribution is -0.114. The smallest absolute Gasteiger partial charge is 0.304 e. The van der Waals surface area contributed by atoms with E-state index in [4.69, 9.17) is 0 Å². The van der Waals surface area contributed by atoms with E-state index < -0.39 is 22.7 Å². The molecule has 8 nitrogen and oxygen atoms in total. The Morgan fingerprint density at radius 3 is 1.94 bits per heavy atom. The van der Waals surface area contributed by atoms with Crippen LogP contribution in [0.2, 0.25) is 0 Å². The van der Waals surface area contributed by atoms with Crippen molar-refractivity contribution in [2.45, 2.75) is 26.2 Å². The molecule has 2 amide bonds. The number of benzene rings is 3. The summed E-state index contributed by atoms with van der Waals surface area (Å²) in [6, 6.07) is 22.5. The normalized spacial score (nSPS) is 11.7. The van der Waals surface area contributed by atoms with Gasteiger partial charge in [0.1, 0.15) is 6.54 Å². The third-order valence-electron chi connectivity index (χ3n) is 5.49. The first-order valence-corrected chi connectivity index (χ1v) is 12.8. The Bertz CT molecular complexity index is 1320. The van der Waals surface area contributed by atoms with E-state index in [2.05, 4.69) is 31.4 Å². The van der Waals surface area contributed by atoms with Crippen molar-refractivity contribution in [1.29, 1.82) is 0 Å². The maximum atomic E-state index is 12.8. The zero-order valence-corrected chi connectivity index (χ0v) is 22.0. The molecule has 3 aromatic rings. The van der Waals surface area contributed by atoms with Crippen molar-refractivity contribution in [3.05, 3.63) is 90.0 Å². The third kappa shape index (κ3) is 6.71. The van der Waals surface area contributed by atoms with Gasteiger partial charge in [-0.1, -0.05) is 57.2 Å². The standard InChI is InChI=1S/C27H32N4O4S/c1-27(2,3)21-16-14-20(15-17-21)26(33)29-23-11-9-10-22(18-23)28-25(32)19-31(36(34,35)30(4)5)24-12-7-6-8-13-24/h6-18H,19H2,1-5H3,(H,28,32)(H,29,33). The van der Waals surface area contributed by atoms with E-state index in [-0.39, 0.29) is 11.3 Å². The van der Waals surface area contributed by atoms with Crippen LogP contribution in [0.3, 0.4) is 0 Å². The number of carbonyl (C=O) groups excluding carboxylic acids is 2. The molecule has 0 radical (unpaired) electrons. The highest BCUT2D eigenvalue weighted by molar-refractivity contribution is 7.90. The second kappa shape index (κ2) is 10.9. The zero-order valence-electron chi connectivity index (χ0n) is 21.1. The summed E-state index contributed by atoms with van der Waals surface area (Å²) in [6.45, 7) is 5.91. The van der Waals surface area contributed by atoms with Gasteiger partial charge >= 0.3 is 10.2 Å². The molecule has 3 aromatic carbocycles. The van der Waals surface area contributed by atoms with Crippen molar-refractivity contribution in [2.75, 3.05) is 35.6 Å². The lowest BCUT2D eigenvalue weighted by atomic mass is 9.87. The minimum absolute atomic E-state index is 0.0104. The summed E-state index contributed by atoms with van der Waals surface area (Å²) < 4.78 is 27.7. The Labute approximate surface area is 213 Å². The van der Waals surface area contributed by atoms with Gasteiger partial charge < -0.3 is 10.6 Å². The van der Waals surface area contributed by atoms with Gasteiger partial charge in [-0.15, -0.1) is 0 Å². The molecule has 9 heteroatoms. The van der Waals surface area contributed by atoms with Crippen LogP contribution < -0.4 is 14.9 Å². The van der Waals surface area contributed by atoms with E-state index in [9.17, 15) is 18.0 Å². The average Bonchev–Trinajstić information content (AvgIpc) is 2.82. The molecule has 190 valence electrons. The summed E-state index contributed by atoms with van der Waals surface area (Å²) in [5.41, 5.74) is 2.94. The lowest BCUT2D eigenvalue weighted by Gasteiger charge is -2.26. The average molecular weight is 509 g/mol. The summed E-state index contributed by atoms with van der Waals surface area (Å²) >= 11 is 0. The van der Waals surface area contributed by atoms with Crippen molar-refractivity contribution in [3.63, 3.8) is 0 Å². The quantitative estimate of drug-likeness (QED) is 0.468. The van der Waals surface area contributed by atoms with E-state index in [0.717, 1.165) is 14.2 Å². The molecule has 3 rings (SSSR count). The molecule has 0 aliphatic heterocycles. The molecule has 2 N–H and O–H groups in total. The van der Waals surface area contributed by atoms with Crippen molar-refractivity contribution in [3.8, 4) is 0 Å². The number of amides is 2. The van der Waals surface area contributed by atoms with Gasteiger partial charge in [0.05, 0.1) is 5.69 Å². The molecule has 0 atom stereocenters. The predicted molar refractivity (Wildman–Crippen MR) is 145 cm³/mol. The minimum Gasteiger partial charge on any atom is -0.324 e. The molecular weight excluding hydrogens is 476 g/mol. The van der Waals surface area contributed by atoms with Crippen LogP contribution >= 0.6 is 0 Å². The van der Waals surface area contributed by atoms with Gasteiger partial charge in [-0.05, 0) is 53.4 Å². The summed E-state index contributed by atoms with van der Waals surface area (Å²) in [6.07, 6.45) is 0. The van der Waals surface area contributed by atoms with E-state index in [0.29, 0.717) is 22.6 Å². The van der Waals surface area contributed by atoms with Crippen LogP contribution in [0.1, 0.15) is 36.7 Å². The molecule has 0 spiro atoms. The van der Waals surface area contributed by atoms with Gasteiger partial charge in [-0.2, -0.15) is 12.7 Å². The third-order valence-corrected chi connectivity index (χ3v) is 7.31. The fourth-order valence-electron chi connectivity index (χ4n) is 3.43. The maximum absolute atomic E-state index is 12.8. The van der Waals surface area contributed by atoms with Gasteiger partial charge in [-0.3, -0.25) is 9.59 Å². The predicted octanol–water partition coefficient (Wildman–Crippen LogP) is 4.49. The fourth-order valence-corrected chi connectivity index (χ4v) is 4.49. The Kier molecular flexibility index (Phi) is 8.17. The lowest BCUT2D eigenvalue weighted by Crippen LogP contribution is -2.44. The summed E-state index contributed by atoms with van der Waals surface area (Å²) in [5, 5.41) is 5.55. The highest BCUT2D eigenvalue weighted by atomic mass is 32.2. The van der Waals surface area contributed by atoms with Crippen molar-refractivity contribution in [1.82, 2.24) is 4.31 Å². The second-order valence-electron chi connectivity index (χ2n) is 9.54. The Morgan fingerprint density at radius 1 is 0.806 bits per heavy atom. The SMILES string of the molecule is CN(C)S(=O)(=O)N(CC(=O)Nc1cccc(NC(=O)c2ccc(C(C)(C)C)cc2)c1)c1ccccc1. The highest BCUT2D eigenvalue weighted by Crippen LogP contribution is 2.23. The van der Waals surface area contributed by atoms with Gasteiger partial charge in [0.25, 0.3) is 5.91 Å². The number of rotatable bonds is 8. The van der Waals surface area contributed by atoms with Crippen LogP contribution in [-0.2, 0) is 20.4 Å². The molecule has 0 aliphatic rings. The highest BCUT2D eigenvalue weighted by Gasteiger charge is 2.27. The topological polar surface area (TPSA) is 98.8 Å². The molecule has 0 fully saturated rings. The first kappa shape index (κ1) is 26.9. The van der Waals surface area contributed by atoms with Gasteiger partial charge in [0, 0.05) is 31.0 Å².